The molecule has 17 heavy (non-hydrogen) atoms. The highest BCUT2D eigenvalue weighted by Crippen LogP contribution is 2.02. The summed E-state index contributed by atoms with van der Waals surface area (Å²) in [6, 6.07) is 9.33. The summed E-state index contributed by atoms with van der Waals surface area (Å²) in [6.07, 6.45) is 3.32. The minimum Gasteiger partial charge on any atom is -0.477 e. The molecule has 1 N–H and O–H groups in total. The van der Waals surface area contributed by atoms with Gasteiger partial charge in [-0.15, -0.1) is 0 Å². The van der Waals surface area contributed by atoms with E-state index >= 15 is 0 Å². The number of carbonyl (C=O) groups is 1. The van der Waals surface area contributed by atoms with E-state index in [4.69, 9.17) is 5.11 Å². The van der Waals surface area contributed by atoms with E-state index in [1.54, 1.807) is 35.2 Å². The Morgan fingerprint density at radius 2 is 1.94 bits per heavy atom. The van der Waals surface area contributed by atoms with Crippen LogP contribution in [0.25, 0.3) is 0 Å². The molecule has 86 valence electrons. The minimum atomic E-state index is -0.960. The van der Waals surface area contributed by atoms with Crippen LogP contribution in [0.5, 0.6) is 0 Å². The Morgan fingerprint density at radius 1 is 1.24 bits per heavy atom. The Hall–Kier alpha value is -2.23. The minimum absolute atomic E-state index is 0.231. The predicted molar refractivity (Wildman–Crippen MR) is 59.1 cm³/mol. The molecule has 1 aromatic heterocycles. The van der Waals surface area contributed by atoms with Crippen molar-refractivity contribution < 1.29 is 18.9 Å². The number of benzene rings is 1. The second kappa shape index (κ2) is 4.74. The summed E-state index contributed by atoms with van der Waals surface area (Å²) in [6.45, 7) is 0.515. The maximum absolute atomic E-state index is 12.7. The lowest BCUT2D eigenvalue weighted by atomic mass is 10.2. The maximum atomic E-state index is 12.7. The van der Waals surface area contributed by atoms with Crippen LogP contribution >= 0.6 is 0 Å². The lowest BCUT2D eigenvalue weighted by Gasteiger charge is -1.98. The van der Waals surface area contributed by atoms with Gasteiger partial charge in [0.1, 0.15) is 11.4 Å². The number of aromatic nitrogens is 1. The zero-order valence-electron chi connectivity index (χ0n) is 9.01. The topological polar surface area (TPSA) is 41.2 Å². The molecular formula is C13H11FNO2+. The molecule has 0 unspecified atom stereocenters. The first-order valence-electron chi connectivity index (χ1n) is 5.12. The van der Waals surface area contributed by atoms with Gasteiger partial charge in [-0.3, -0.25) is 0 Å². The van der Waals surface area contributed by atoms with Crippen molar-refractivity contribution in [1.29, 1.82) is 0 Å². The van der Waals surface area contributed by atoms with Gasteiger partial charge in [0.15, 0.2) is 18.9 Å². The van der Waals surface area contributed by atoms with E-state index in [2.05, 4.69) is 0 Å². The monoisotopic (exact) mass is 232 g/mol. The molecule has 4 heteroatoms. The molecule has 0 aliphatic rings. The van der Waals surface area contributed by atoms with E-state index in [0.29, 0.717) is 6.54 Å². The average molecular weight is 232 g/mol. The van der Waals surface area contributed by atoms with Gasteiger partial charge in [0.05, 0.1) is 0 Å². The highest BCUT2D eigenvalue weighted by atomic mass is 19.1. The summed E-state index contributed by atoms with van der Waals surface area (Å²) in [4.78, 5) is 10.8. The molecule has 0 amide bonds. The summed E-state index contributed by atoms with van der Waals surface area (Å²) in [5, 5.41) is 8.85. The van der Waals surface area contributed by atoms with Crippen LogP contribution in [0.3, 0.4) is 0 Å². The van der Waals surface area contributed by atoms with Gasteiger partial charge < -0.3 is 5.11 Å². The first-order chi connectivity index (χ1) is 8.15. The third-order valence-electron chi connectivity index (χ3n) is 2.38. The van der Waals surface area contributed by atoms with Crippen LogP contribution < -0.4 is 4.57 Å². The van der Waals surface area contributed by atoms with E-state index in [1.807, 2.05) is 0 Å². The van der Waals surface area contributed by atoms with Gasteiger partial charge in [-0.1, -0.05) is 0 Å². The normalized spacial score (nSPS) is 10.2. The van der Waals surface area contributed by atoms with Crippen LogP contribution in [-0.4, -0.2) is 11.1 Å². The third kappa shape index (κ3) is 2.87. The highest BCUT2D eigenvalue weighted by molar-refractivity contribution is 5.86. The van der Waals surface area contributed by atoms with Crippen molar-refractivity contribution in [2.75, 3.05) is 0 Å². The van der Waals surface area contributed by atoms with Crippen LogP contribution in [0.15, 0.2) is 48.8 Å². The summed E-state index contributed by atoms with van der Waals surface area (Å²) < 4.78 is 14.5. The second-order valence-electron chi connectivity index (χ2n) is 3.70. The molecule has 0 spiro atoms. The highest BCUT2D eigenvalue weighted by Gasteiger charge is 2.09. The summed E-state index contributed by atoms with van der Waals surface area (Å²) in [5.74, 6) is -1.24. The van der Waals surface area contributed by atoms with Crippen LogP contribution in [0.1, 0.15) is 15.9 Å². The van der Waals surface area contributed by atoms with Crippen LogP contribution in [-0.2, 0) is 6.54 Å². The summed E-state index contributed by atoms with van der Waals surface area (Å²) in [7, 11) is 0. The molecule has 0 saturated heterocycles. The fourth-order valence-electron chi connectivity index (χ4n) is 1.55. The Labute approximate surface area is 97.8 Å². The molecule has 0 atom stereocenters. The SMILES string of the molecule is O=C(O)c1ccc[n+](Cc2ccc(F)cc2)c1. The number of carboxylic acids is 1. The number of hydrogen-bond acceptors (Lipinski definition) is 1. The van der Waals surface area contributed by atoms with Gasteiger partial charge in [-0.25, -0.2) is 9.18 Å². The van der Waals surface area contributed by atoms with E-state index in [0.717, 1.165) is 5.56 Å². The number of hydrogen-bond donors (Lipinski definition) is 1. The average Bonchev–Trinajstić information content (AvgIpc) is 2.32. The predicted octanol–water partition coefficient (Wildman–Crippen LogP) is 1.86. The number of pyridine rings is 1. The van der Waals surface area contributed by atoms with Gasteiger partial charge in [-0.2, -0.15) is 4.57 Å². The molecule has 0 fully saturated rings. The molecule has 3 nitrogen and oxygen atoms in total. The third-order valence-corrected chi connectivity index (χ3v) is 2.38. The number of rotatable bonds is 3. The molecule has 2 rings (SSSR count). The van der Waals surface area contributed by atoms with Crippen LogP contribution in [0.2, 0.25) is 0 Å². The summed E-state index contributed by atoms with van der Waals surface area (Å²) in [5.41, 5.74) is 1.15. The first kappa shape index (κ1) is 11.3. The van der Waals surface area contributed by atoms with Gasteiger partial charge in [0.2, 0.25) is 0 Å². The van der Waals surface area contributed by atoms with Crippen LogP contribution in [0, 0.1) is 5.82 Å². The second-order valence-corrected chi connectivity index (χ2v) is 3.70. The van der Waals surface area contributed by atoms with E-state index in [9.17, 15) is 9.18 Å². The van der Waals surface area contributed by atoms with Crippen molar-refractivity contribution in [2.24, 2.45) is 0 Å². The zero-order valence-corrected chi connectivity index (χ0v) is 9.01. The Morgan fingerprint density at radius 3 is 2.59 bits per heavy atom. The van der Waals surface area contributed by atoms with Gasteiger partial charge in [-0.05, 0) is 30.3 Å². The number of halogens is 1. The smallest absolute Gasteiger partial charge is 0.341 e. The van der Waals surface area contributed by atoms with Gasteiger partial charge >= 0.3 is 5.97 Å². The fourth-order valence-corrected chi connectivity index (χ4v) is 1.55. The molecule has 0 aliphatic heterocycles. The molecular weight excluding hydrogens is 221 g/mol. The lowest BCUT2D eigenvalue weighted by molar-refractivity contribution is -0.688. The van der Waals surface area contributed by atoms with Crippen molar-refractivity contribution >= 4 is 5.97 Å². The van der Waals surface area contributed by atoms with E-state index in [-0.39, 0.29) is 11.4 Å². The molecule has 1 aromatic carbocycles. The van der Waals surface area contributed by atoms with Crippen molar-refractivity contribution in [3.8, 4) is 0 Å². The summed E-state index contributed by atoms with van der Waals surface area (Å²) >= 11 is 0. The zero-order chi connectivity index (χ0) is 12.3. The molecule has 0 saturated carbocycles. The van der Waals surface area contributed by atoms with Crippen LogP contribution in [0.4, 0.5) is 4.39 Å². The number of nitrogens with zero attached hydrogens (tertiary/aromatic N) is 1. The standard InChI is InChI=1S/C13H10FNO2/c14-12-5-3-10(4-6-12)8-15-7-1-2-11(9-15)13(16)17/h1-7,9H,8H2/p+1. The van der Waals surface area contributed by atoms with Crippen molar-refractivity contribution in [2.45, 2.75) is 6.54 Å². The first-order valence-corrected chi connectivity index (χ1v) is 5.12. The van der Waals surface area contributed by atoms with Gasteiger partial charge in [0, 0.05) is 11.6 Å². The Bertz CT molecular complexity index is 537. The van der Waals surface area contributed by atoms with Crippen molar-refractivity contribution in [1.82, 2.24) is 0 Å². The molecule has 0 radical (unpaired) electrons. The molecule has 2 aromatic rings. The fraction of sp³-hybridized carbons (Fsp3) is 0.0769. The van der Waals surface area contributed by atoms with E-state index < -0.39 is 5.97 Å². The molecule has 1 heterocycles. The van der Waals surface area contributed by atoms with Crippen molar-refractivity contribution in [3.63, 3.8) is 0 Å². The Balaban J connectivity index is 2.21. The molecule has 0 bridgehead atoms. The number of aromatic carboxylic acids is 1. The quantitative estimate of drug-likeness (QED) is 0.820. The Kier molecular flexibility index (Phi) is 3.14. The van der Waals surface area contributed by atoms with E-state index in [1.165, 1.54) is 18.2 Å². The number of carboxylic acid groups (broad SMARTS) is 1. The lowest BCUT2D eigenvalue weighted by Crippen LogP contribution is -2.34. The van der Waals surface area contributed by atoms with Crippen molar-refractivity contribution in [3.05, 3.63) is 65.7 Å². The maximum Gasteiger partial charge on any atom is 0.341 e. The van der Waals surface area contributed by atoms with Gasteiger partial charge in [0.25, 0.3) is 0 Å². The largest absolute Gasteiger partial charge is 0.477 e. The molecule has 0 aliphatic carbocycles.